The maximum absolute atomic E-state index is 12.2. The van der Waals surface area contributed by atoms with Crippen molar-refractivity contribution in [2.45, 2.75) is 32.6 Å². The molecule has 1 aromatic heterocycles. The third-order valence-electron chi connectivity index (χ3n) is 3.94. The number of carbonyl (C=O) groups excluding carboxylic acids is 2. The van der Waals surface area contributed by atoms with Gasteiger partial charge in [-0.1, -0.05) is 31.1 Å². The molecule has 2 amide bonds. The van der Waals surface area contributed by atoms with Crippen LogP contribution in [0, 0.1) is 0 Å². The van der Waals surface area contributed by atoms with Crippen molar-refractivity contribution in [3.05, 3.63) is 29.8 Å². The van der Waals surface area contributed by atoms with Crippen molar-refractivity contribution in [3.63, 3.8) is 0 Å². The Morgan fingerprint density at radius 2 is 1.92 bits per heavy atom. The van der Waals surface area contributed by atoms with Gasteiger partial charge in [-0.15, -0.1) is 5.10 Å². The molecule has 3 rings (SSSR count). The van der Waals surface area contributed by atoms with Crippen LogP contribution in [0.15, 0.2) is 33.8 Å². The summed E-state index contributed by atoms with van der Waals surface area (Å²) >= 11 is 0. The number of benzene rings is 1. The number of nitrogens with zero attached hydrogens (tertiary/aromatic N) is 4. The van der Waals surface area contributed by atoms with E-state index in [-0.39, 0.29) is 30.5 Å². The topological polar surface area (TPSA) is 101 Å². The first-order valence-corrected chi connectivity index (χ1v) is 8.03. The van der Waals surface area contributed by atoms with Gasteiger partial charge in [-0.2, -0.15) is 5.10 Å². The number of rotatable bonds is 4. The molecule has 0 unspecified atom stereocenters. The van der Waals surface area contributed by atoms with Gasteiger partial charge in [0.25, 0.3) is 5.91 Å². The van der Waals surface area contributed by atoms with Gasteiger partial charge < -0.3 is 4.42 Å². The van der Waals surface area contributed by atoms with Crippen LogP contribution in [0.1, 0.15) is 38.2 Å². The minimum Gasteiger partial charge on any atom is -0.403 e. The molecular formula is C17H19N5O3. The summed E-state index contributed by atoms with van der Waals surface area (Å²) in [5.74, 6) is 0.183. The van der Waals surface area contributed by atoms with Crippen molar-refractivity contribution in [1.29, 1.82) is 0 Å². The van der Waals surface area contributed by atoms with Gasteiger partial charge in [0, 0.05) is 25.5 Å². The molecule has 0 bridgehead atoms. The van der Waals surface area contributed by atoms with Crippen LogP contribution in [0.25, 0.3) is 11.5 Å². The molecule has 0 fully saturated rings. The highest BCUT2D eigenvalue weighted by Gasteiger charge is 2.23. The molecule has 0 radical (unpaired) electrons. The first kappa shape index (κ1) is 16.8. The lowest BCUT2D eigenvalue weighted by Crippen LogP contribution is -2.34. The van der Waals surface area contributed by atoms with Crippen LogP contribution in [0.5, 0.6) is 0 Å². The highest BCUT2D eigenvalue weighted by atomic mass is 16.4. The Balaban J connectivity index is 1.70. The summed E-state index contributed by atoms with van der Waals surface area (Å²) in [4.78, 5) is 23.6. The lowest BCUT2D eigenvalue weighted by molar-refractivity contribution is -0.130. The highest BCUT2D eigenvalue weighted by molar-refractivity contribution is 6.43. The second-order valence-electron chi connectivity index (χ2n) is 6.11. The molecule has 25 heavy (non-hydrogen) atoms. The zero-order valence-corrected chi connectivity index (χ0v) is 14.3. The third kappa shape index (κ3) is 3.73. The fourth-order valence-electron chi connectivity index (χ4n) is 2.40. The average molecular weight is 341 g/mol. The number of anilines is 1. The smallest absolute Gasteiger partial charge is 0.322 e. The summed E-state index contributed by atoms with van der Waals surface area (Å²) in [6.07, 6.45) is 0.534. The SMILES string of the molecule is CC(C)c1ccc(-c2nnc(NC(=O)C3=NN(C)C(=O)CC3)o2)cc1. The standard InChI is InChI=1S/C17H19N5O3/c1-10(2)11-4-6-12(7-5-11)16-19-20-17(25-16)18-15(24)13-8-9-14(23)22(3)21-13/h4-7,10H,8-9H2,1-3H3,(H,18,20,24). The number of aromatic nitrogens is 2. The summed E-state index contributed by atoms with van der Waals surface area (Å²) in [6.45, 7) is 4.24. The van der Waals surface area contributed by atoms with Crippen LogP contribution in [0.2, 0.25) is 0 Å². The third-order valence-corrected chi connectivity index (χ3v) is 3.94. The van der Waals surface area contributed by atoms with E-state index in [0.717, 1.165) is 10.6 Å². The van der Waals surface area contributed by atoms with E-state index in [2.05, 4.69) is 34.5 Å². The van der Waals surface area contributed by atoms with Gasteiger partial charge in [0.15, 0.2) is 0 Å². The van der Waals surface area contributed by atoms with Gasteiger partial charge in [0.05, 0.1) is 0 Å². The average Bonchev–Trinajstić information content (AvgIpc) is 3.05. The van der Waals surface area contributed by atoms with Gasteiger partial charge in [-0.3, -0.25) is 14.9 Å². The Morgan fingerprint density at radius 1 is 1.20 bits per heavy atom. The zero-order valence-electron chi connectivity index (χ0n) is 14.3. The van der Waals surface area contributed by atoms with E-state index in [9.17, 15) is 9.59 Å². The molecule has 1 N–H and O–H groups in total. The van der Waals surface area contributed by atoms with Crippen molar-refractivity contribution in [1.82, 2.24) is 15.2 Å². The number of amides is 2. The second-order valence-corrected chi connectivity index (χ2v) is 6.11. The van der Waals surface area contributed by atoms with E-state index in [0.29, 0.717) is 11.8 Å². The first-order chi connectivity index (χ1) is 11.9. The van der Waals surface area contributed by atoms with Gasteiger partial charge in [-0.05, 0) is 23.6 Å². The van der Waals surface area contributed by atoms with Gasteiger partial charge >= 0.3 is 6.01 Å². The van der Waals surface area contributed by atoms with E-state index in [1.165, 1.54) is 12.6 Å². The van der Waals surface area contributed by atoms with Gasteiger partial charge in [-0.25, -0.2) is 5.01 Å². The molecule has 1 aliphatic heterocycles. The predicted octanol–water partition coefficient (Wildman–Crippen LogP) is 2.41. The van der Waals surface area contributed by atoms with Crippen molar-refractivity contribution in [3.8, 4) is 11.5 Å². The van der Waals surface area contributed by atoms with E-state index in [1.54, 1.807) is 0 Å². The molecule has 1 aliphatic rings. The van der Waals surface area contributed by atoms with Crippen molar-refractivity contribution in [2.24, 2.45) is 5.10 Å². The fourth-order valence-corrected chi connectivity index (χ4v) is 2.40. The lowest BCUT2D eigenvalue weighted by atomic mass is 10.0. The highest BCUT2D eigenvalue weighted by Crippen LogP contribution is 2.23. The molecule has 0 aliphatic carbocycles. The summed E-state index contributed by atoms with van der Waals surface area (Å²) in [7, 11) is 1.51. The summed E-state index contributed by atoms with van der Waals surface area (Å²) in [5, 5.41) is 15.4. The first-order valence-electron chi connectivity index (χ1n) is 8.03. The molecule has 130 valence electrons. The summed E-state index contributed by atoms with van der Waals surface area (Å²) in [5.41, 5.74) is 2.24. The molecule has 0 atom stereocenters. The molecule has 2 heterocycles. The Morgan fingerprint density at radius 3 is 2.56 bits per heavy atom. The normalized spacial score (nSPS) is 14.6. The Labute approximate surface area is 144 Å². The minimum atomic E-state index is -0.454. The molecular weight excluding hydrogens is 322 g/mol. The van der Waals surface area contributed by atoms with Crippen LogP contribution in [0.4, 0.5) is 6.01 Å². The van der Waals surface area contributed by atoms with E-state index in [1.807, 2.05) is 24.3 Å². The zero-order chi connectivity index (χ0) is 18.0. The maximum Gasteiger partial charge on any atom is 0.322 e. The number of carbonyl (C=O) groups is 2. The van der Waals surface area contributed by atoms with Crippen LogP contribution in [0.3, 0.4) is 0 Å². The number of hydrazone groups is 1. The van der Waals surface area contributed by atoms with E-state index < -0.39 is 5.91 Å². The monoisotopic (exact) mass is 341 g/mol. The molecule has 8 nitrogen and oxygen atoms in total. The Hall–Kier alpha value is -3.03. The van der Waals surface area contributed by atoms with Crippen molar-refractivity contribution in [2.75, 3.05) is 12.4 Å². The molecule has 0 spiro atoms. The van der Waals surface area contributed by atoms with Crippen LogP contribution in [-0.4, -0.2) is 39.8 Å². The molecule has 2 aromatic rings. The molecule has 0 saturated heterocycles. The molecule has 1 aromatic carbocycles. The largest absolute Gasteiger partial charge is 0.403 e. The van der Waals surface area contributed by atoms with E-state index >= 15 is 0 Å². The second kappa shape index (κ2) is 6.84. The molecule has 8 heteroatoms. The van der Waals surface area contributed by atoms with Crippen LogP contribution < -0.4 is 5.32 Å². The molecule has 0 saturated carbocycles. The minimum absolute atomic E-state index is 0.00445. The quantitative estimate of drug-likeness (QED) is 0.920. The Bertz CT molecular complexity index is 823. The van der Waals surface area contributed by atoms with Gasteiger partial charge in [0.1, 0.15) is 5.71 Å². The van der Waals surface area contributed by atoms with Crippen molar-refractivity contribution >= 4 is 23.5 Å². The van der Waals surface area contributed by atoms with Crippen LogP contribution in [-0.2, 0) is 9.59 Å². The Kier molecular flexibility index (Phi) is 4.60. The van der Waals surface area contributed by atoms with Crippen LogP contribution >= 0.6 is 0 Å². The predicted molar refractivity (Wildman–Crippen MR) is 91.9 cm³/mol. The maximum atomic E-state index is 12.2. The van der Waals surface area contributed by atoms with E-state index in [4.69, 9.17) is 4.42 Å². The summed E-state index contributed by atoms with van der Waals surface area (Å²) in [6, 6.07) is 7.81. The van der Waals surface area contributed by atoms with Gasteiger partial charge in [0.2, 0.25) is 11.8 Å². The lowest BCUT2D eigenvalue weighted by Gasteiger charge is -2.18. The number of nitrogens with one attached hydrogen (secondary N) is 1. The summed E-state index contributed by atoms with van der Waals surface area (Å²) < 4.78 is 5.49. The van der Waals surface area contributed by atoms with Crippen molar-refractivity contribution < 1.29 is 14.0 Å². The number of hydrogen-bond donors (Lipinski definition) is 1. The fraction of sp³-hybridized carbons (Fsp3) is 0.353. The number of hydrogen-bond acceptors (Lipinski definition) is 6.